The number of hydrogen-bond donors (Lipinski definition) is 1. The maximum Gasteiger partial charge on any atom is 0.264 e. The van der Waals surface area contributed by atoms with E-state index in [1.165, 1.54) is 17.0 Å². The summed E-state index contributed by atoms with van der Waals surface area (Å²) in [5, 5.41) is 3.53. The third-order valence-corrected chi connectivity index (χ3v) is 9.99. The van der Waals surface area contributed by atoms with Crippen LogP contribution in [-0.4, -0.2) is 43.8 Å². The Bertz CT molecular complexity index is 1470. The summed E-state index contributed by atoms with van der Waals surface area (Å²) >= 11 is 6.40. The normalized spacial score (nSPS) is 14.4. The Morgan fingerprint density at radius 3 is 2.27 bits per heavy atom. The van der Waals surface area contributed by atoms with E-state index in [0.717, 1.165) is 41.1 Å². The first-order valence-electron chi connectivity index (χ1n) is 14.1. The molecule has 1 unspecified atom stereocenters. The Morgan fingerprint density at radius 2 is 1.61 bits per heavy atom. The molecule has 4 rings (SSSR count). The van der Waals surface area contributed by atoms with Crippen molar-refractivity contribution in [1.29, 1.82) is 0 Å². The fourth-order valence-electron chi connectivity index (χ4n) is 5.36. The summed E-state index contributed by atoms with van der Waals surface area (Å²) in [4.78, 5) is 29.4. The fraction of sp³-hybridized carbons (Fsp3) is 0.375. The largest absolute Gasteiger partial charge is 0.352 e. The van der Waals surface area contributed by atoms with Crippen LogP contribution in [0.5, 0.6) is 0 Å². The van der Waals surface area contributed by atoms with Gasteiger partial charge < -0.3 is 10.2 Å². The number of amides is 2. The van der Waals surface area contributed by atoms with Crippen LogP contribution in [0, 0.1) is 13.8 Å². The average molecular weight is 596 g/mol. The van der Waals surface area contributed by atoms with Gasteiger partial charge in [0.1, 0.15) is 12.6 Å². The van der Waals surface area contributed by atoms with Crippen LogP contribution in [0.15, 0.2) is 77.7 Å². The standard InChI is InChI=1S/C32H38ClN3O4S/c1-4-29(32(38)34-26-15-10-11-16-26)35(21-25-14-9-8-13-23(25)2)31(37)22-36(30-20-12-19-28(33)24(30)3)41(39,40)27-17-6-5-7-18-27/h5-9,12-14,17-20,26,29H,4,10-11,15-16,21-22H2,1-3H3,(H,34,38). The Hall–Kier alpha value is -3.36. The summed E-state index contributed by atoms with van der Waals surface area (Å²) in [6.07, 6.45) is 4.37. The molecule has 0 spiro atoms. The van der Waals surface area contributed by atoms with E-state index in [1.807, 2.05) is 38.1 Å². The minimum Gasteiger partial charge on any atom is -0.352 e. The highest BCUT2D eigenvalue weighted by Crippen LogP contribution is 2.31. The number of halogens is 1. The van der Waals surface area contributed by atoms with Crippen LogP contribution < -0.4 is 9.62 Å². The Morgan fingerprint density at radius 1 is 0.951 bits per heavy atom. The van der Waals surface area contributed by atoms with Crippen LogP contribution in [0.25, 0.3) is 0 Å². The topological polar surface area (TPSA) is 86.8 Å². The number of nitrogens with one attached hydrogen (secondary N) is 1. The molecule has 0 aliphatic heterocycles. The first-order chi connectivity index (χ1) is 19.6. The SMILES string of the molecule is CCC(C(=O)NC1CCCC1)N(Cc1ccccc1C)C(=O)CN(c1cccc(Cl)c1C)S(=O)(=O)c1ccccc1. The number of hydrogen-bond acceptors (Lipinski definition) is 4. The fourth-order valence-corrected chi connectivity index (χ4v) is 7.02. The molecule has 1 N–H and O–H groups in total. The molecule has 9 heteroatoms. The molecule has 1 saturated carbocycles. The van der Waals surface area contributed by atoms with Crippen LogP contribution in [0.4, 0.5) is 5.69 Å². The molecule has 1 atom stereocenters. The minimum absolute atomic E-state index is 0.0589. The third kappa shape index (κ3) is 7.11. The zero-order chi connectivity index (χ0) is 29.6. The maximum atomic E-state index is 14.3. The average Bonchev–Trinajstić information content (AvgIpc) is 3.47. The van der Waals surface area contributed by atoms with Crippen LogP contribution in [-0.2, 0) is 26.2 Å². The van der Waals surface area contributed by atoms with E-state index in [-0.39, 0.29) is 23.4 Å². The van der Waals surface area contributed by atoms with E-state index in [9.17, 15) is 18.0 Å². The number of nitrogens with zero attached hydrogens (tertiary/aromatic N) is 2. The van der Waals surface area contributed by atoms with Gasteiger partial charge in [-0.3, -0.25) is 13.9 Å². The van der Waals surface area contributed by atoms with E-state index in [1.54, 1.807) is 43.3 Å². The lowest BCUT2D eigenvalue weighted by Crippen LogP contribution is -2.53. The minimum atomic E-state index is -4.15. The highest BCUT2D eigenvalue weighted by Gasteiger charge is 2.35. The number of rotatable bonds is 11. The lowest BCUT2D eigenvalue weighted by molar-refractivity contribution is -0.140. The Labute approximate surface area is 248 Å². The van der Waals surface area contributed by atoms with Crippen molar-refractivity contribution in [1.82, 2.24) is 10.2 Å². The molecule has 1 aliphatic rings. The zero-order valence-corrected chi connectivity index (χ0v) is 25.4. The molecular formula is C32H38ClN3O4S. The molecule has 0 bridgehead atoms. The molecule has 1 aliphatic carbocycles. The molecule has 0 radical (unpaired) electrons. The van der Waals surface area contributed by atoms with Gasteiger partial charge in [0.2, 0.25) is 11.8 Å². The number of carbonyl (C=O) groups excluding carboxylic acids is 2. The van der Waals surface area contributed by atoms with E-state index < -0.39 is 28.5 Å². The molecule has 7 nitrogen and oxygen atoms in total. The monoisotopic (exact) mass is 595 g/mol. The van der Waals surface area contributed by atoms with Crippen molar-refractivity contribution in [3.63, 3.8) is 0 Å². The maximum absolute atomic E-state index is 14.3. The van der Waals surface area contributed by atoms with Gasteiger partial charge in [-0.25, -0.2) is 8.42 Å². The molecule has 0 heterocycles. The van der Waals surface area contributed by atoms with Crippen LogP contribution in [0.1, 0.15) is 55.7 Å². The Kier molecular flexibility index (Phi) is 10.1. The second-order valence-electron chi connectivity index (χ2n) is 10.6. The van der Waals surface area contributed by atoms with E-state index in [2.05, 4.69) is 5.32 Å². The molecular weight excluding hydrogens is 558 g/mol. The smallest absolute Gasteiger partial charge is 0.264 e. The van der Waals surface area contributed by atoms with Crippen LogP contribution >= 0.6 is 11.6 Å². The summed E-state index contributed by atoms with van der Waals surface area (Å²) < 4.78 is 29.1. The number of sulfonamides is 1. The second kappa shape index (κ2) is 13.5. The van der Waals surface area contributed by atoms with E-state index in [4.69, 9.17) is 11.6 Å². The first-order valence-corrected chi connectivity index (χ1v) is 15.9. The summed E-state index contributed by atoms with van der Waals surface area (Å²) in [6, 6.07) is 20.0. The van der Waals surface area contributed by atoms with Gasteiger partial charge in [-0.05, 0) is 74.1 Å². The van der Waals surface area contributed by atoms with Gasteiger partial charge in [0.25, 0.3) is 10.0 Å². The van der Waals surface area contributed by atoms with Crippen molar-refractivity contribution in [2.24, 2.45) is 0 Å². The molecule has 3 aromatic carbocycles. The van der Waals surface area contributed by atoms with Crippen molar-refractivity contribution in [3.8, 4) is 0 Å². The van der Waals surface area contributed by atoms with E-state index >= 15 is 0 Å². The lowest BCUT2D eigenvalue weighted by atomic mass is 10.1. The second-order valence-corrected chi connectivity index (χ2v) is 12.8. The van der Waals surface area contributed by atoms with Crippen LogP contribution in [0.3, 0.4) is 0 Å². The quantitative estimate of drug-likeness (QED) is 0.294. The number of aryl methyl sites for hydroxylation is 1. The number of carbonyl (C=O) groups is 2. The van der Waals surface area contributed by atoms with E-state index in [0.29, 0.717) is 22.7 Å². The van der Waals surface area contributed by atoms with Gasteiger partial charge >= 0.3 is 0 Å². The molecule has 3 aromatic rings. The molecule has 0 saturated heterocycles. The third-order valence-electron chi connectivity index (χ3n) is 7.81. The van der Waals surface area contributed by atoms with Crippen molar-refractivity contribution >= 4 is 39.1 Å². The van der Waals surface area contributed by atoms with Crippen molar-refractivity contribution in [3.05, 3.63) is 94.5 Å². The van der Waals surface area contributed by atoms with Crippen molar-refractivity contribution < 1.29 is 18.0 Å². The van der Waals surface area contributed by atoms with Crippen LogP contribution in [0.2, 0.25) is 5.02 Å². The summed E-state index contributed by atoms with van der Waals surface area (Å²) in [5.41, 5.74) is 2.73. The lowest BCUT2D eigenvalue weighted by Gasteiger charge is -2.34. The summed E-state index contributed by atoms with van der Waals surface area (Å²) in [5.74, 6) is -0.682. The summed E-state index contributed by atoms with van der Waals surface area (Å²) in [6.45, 7) is 5.24. The first kappa shape index (κ1) is 30.6. The molecule has 0 aromatic heterocycles. The molecule has 2 amide bonds. The van der Waals surface area contributed by atoms with Gasteiger partial charge in [-0.15, -0.1) is 0 Å². The van der Waals surface area contributed by atoms with Gasteiger partial charge in [0.15, 0.2) is 0 Å². The van der Waals surface area contributed by atoms with Crippen molar-refractivity contribution in [2.45, 2.75) is 76.4 Å². The molecule has 218 valence electrons. The zero-order valence-electron chi connectivity index (χ0n) is 23.8. The van der Waals surface area contributed by atoms with Gasteiger partial charge in [0, 0.05) is 17.6 Å². The Balaban J connectivity index is 1.75. The van der Waals surface area contributed by atoms with Crippen molar-refractivity contribution in [2.75, 3.05) is 10.8 Å². The number of benzene rings is 3. The summed E-state index contributed by atoms with van der Waals surface area (Å²) in [7, 11) is -4.15. The number of anilines is 1. The highest BCUT2D eigenvalue weighted by atomic mass is 35.5. The predicted octanol–water partition coefficient (Wildman–Crippen LogP) is 6.02. The highest BCUT2D eigenvalue weighted by molar-refractivity contribution is 7.92. The predicted molar refractivity (Wildman–Crippen MR) is 163 cm³/mol. The molecule has 41 heavy (non-hydrogen) atoms. The van der Waals surface area contributed by atoms with Gasteiger partial charge in [-0.1, -0.05) is 79.9 Å². The van der Waals surface area contributed by atoms with Gasteiger partial charge in [0.05, 0.1) is 10.6 Å². The molecule has 1 fully saturated rings. The van der Waals surface area contributed by atoms with Gasteiger partial charge in [-0.2, -0.15) is 0 Å².